The first kappa shape index (κ1) is 21.4. The van der Waals surface area contributed by atoms with Gasteiger partial charge in [0.2, 0.25) is 5.91 Å². The van der Waals surface area contributed by atoms with Crippen LogP contribution >= 0.6 is 27.7 Å². The molecule has 1 amide bonds. The molecule has 2 fully saturated rings. The molecule has 7 heteroatoms. The third-order valence-corrected chi connectivity index (χ3v) is 9.19. The molecule has 0 bridgehead atoms. The highest BCUT2D eigenvalue weighted by Gasteiger charge is 2.72. The smallest absolute Gasteiger partial charge is 0.331 e. The molecule has 2 saturated heterocycles. The van der Waals surface area contributed by atoms with Crippen molar-refractivity contribution >= 4 is 39.6 Å². The van der Waals surface area contributed by atoms with Crippen molar-refractivity contribution in [2.24, 2.45) is 0 Å². The van der Waals surface area contributed by atoms with E-state index in [0.717, 1.165) is 11.1 Å². The average Bonchev–Trinajstić information content (AvgIpc) is 3.01. The molecule has 0 unspecified atom stereocenters. The second-order valence-corrected chi connectivity index (χ2v) is 11.3. The fourth-order valence-electron chi connectivity index (χ4n) is 4.18. The van der Waals surface area contributed by atoms with Gasteiger partial charge in [-0.1, -0.05) is 76.6 Å². The van der Waals surface area contributed by atoms with Crippen LogP contribution in [0.1, 0.15) is 38.0 Å². The standard InChI is InChI=1S/C23H24BrNO4S/c1-14(26)23(24)20(28)25-18(22(2,3)30-21(23)25)19(27)29-17(15-10-6-4-7-11-15)16-12-8-5-9-13-16/h4-14,17-18,21,26H,1-3H3/t14-,18+,21+,23+/m1/s1. The van der Waals surface area contributed by atoms with Crippen molar-refractivity contribution in [2.75, 3.05) is 0 Å². The topological polar surface area (TPSA) is 66.8 Å². The minimum Gasteiger partial charge on any atom is -0.451 e. The van der Waals surface area contributed by atoms with Crippen LogP contribution in [0.15, 0.2) is 60.7 Å². The van der Waals surface area contributed by atoms with E-state index in [9.17, 15) is 14.7 Å². The molecule has 2 heterocycles. The Morgan fingerprint density at radius 3 is 2.07 bits per heavy atom. The van der Waals surface area contributed by atoms with Crippen molar-refractivity contribution in [3.63, 3.8) is 0 Å². The molecule has 1 N–H and O–H groups in total. The summed E-state index contributed by atoms with van der Waals surface area (Å²) in [7, 11) is 0. The molecule has 2 aromatic carbocycles. The van der Waals surface area contributed by atoms with Gasteiger partial charge in [0.25, 0.3) is 0 Å². The van der Waals surface area contributed by atoms with E-state index >= 15 is 0 Å². The molecular weight excluding hydrogens is 466 g/mol. The van der Waals surface area contributed by atoms with Crippen LogP contribution in [0.25, 0.3) is 0 Å². The first-order valence-electron chi connectivity index (χ1n) is 9.86. The summed E-state index contributed by atoms with van der Waals surface area (Å²) in [5.41, 5.74) is 1.73. The van der Waals surface area contributed by atoms with Gasteiger partial charge >= 0.3 is 5.97 Å². The monoisotopic (exact) mass is 489 g/mol. The van der Waals surface area contributed by atoms with Crippen molar-refractivity contribution in [1.82, 2.24) is 4.90 Å². The van der Waals surface area contributed by atoms with Crippen molar-refractivity contribution < 1.29 is 19.4 Å². The summed E-state index contributed by atoms with van der Waals surface area (Å²) in [5.74, 6) is -0.723. The summed E-state index contributed by atoms with van der Waals surface area (Å²) >= 11 is 4.95. The zero-order valence-corrected chi connectivity index (χ0v) is 19.4. The molecule has 2 aliphatic heterocycles. The van der Waals surface area contributed by atoms with E-state index in [1.807, 2.05) is 74.5 Å². The lowest BCUT2D eigenvalue weighted by molar-refractivity contribution is -0.169. The summed E-state index contributed by atoms with van der Waals surface area (Å²) < 4.78 is 4.42. The van der Waals surface area contributed by atoms with E-state index in [2.05, 4.69) is 15.9 Å². The summed E-state index contributed by atoms with van der Waals surface area (Å²) in [6.07, 6.45) is -1.44. The molecule has 4 atom stereocenters. The second-order valence-electron chi connectivity index (χ2n) is 8.27. The number of β-lactam (4-membered cyclic amide) rings is 1. The van der Waals surface area contributed by atoms with Crippen molar-refractivity contribution in [3.8, 4) is 0 Å². The SMILES string of the molecule is C[C@@H](O)[C@]1(Br)C(=O)N2[C@@H](C(=O)OC(c3ccccc3)c3ccccc3)C(C)(C)S[C@H]21. The van der Waals surface area contributed by atoms with Crippen molar-refractivity contribution in [3.05, 3.63) is 71.8 Å². The van der Waals surface area contributed by atoms with Crippen LogP contribution in [-0.2, 0) is 14.3 Å². The number of thioether (sulfide) groups is 1. The molecule has 4 rings (SSSR count). The van der Waals surface area contributed by atoms with Gasteiger partial charge in [0.05, 0.1) is 6.10 Å². The number of nitrogens with zero attached hydrogens (tertiary/aromatic N) is 1. The molecule has 0 saturated carbocycles. The number of fused-ring (bicyclic) bond motifs is 1. The van der Waals surface area contributed by atoms with E-state index in [0.29, 0.717) is 0 Å². The first-order valence-corrected chi connectivity index (χ1v) is 11.5. The number of aliphatic hydroxyl groups excluding tert-OH is 1. The van der Waals surface area contributed by atoms with Crippen molar-refractivity contribution in [2.45, 2.75) is 53.5 Å². The summed E-state index contributed by atoms with van der Waals surface area (Å²) in [6, 6.07) is 18.4. The Balaban J connectivity index is 1.64. The first-order chi connectivity index (χ1) is 14.2. The zero-order chi connectivity index (χ0) is 21.7. The number of amides is 1. The fraction of sp³-hybridized carbons (Fsp3) is 0.391. The van der Waals surface area contributed by atoms with Crippen LogP contribution < -0.4 is 0 Å². The van der Waals surface area contributed by atoms with Crippen molar-refractivity contribution in [1.29, 1.82) is 0 Å². The van der Waals surface area contributed by atoms with Gasteiger partial charge in [0.15, 0.2) is 10.4 Å². The molecule has 5 nitrogen and oxygen atoms in total. The molecule has 0 aromatic heterocycles. The Morgan fingerprint density at radius 2 is 1.60 bits per heavy atom. The normalized spacial score (nSPS) is 28.1. The van der Waals surface area contributed by atoms with E-state index in [1.165, 1.54) is 11.8 Å². The largest absolute Gasteiger partial charge is 0.451 e. The van der Waals surface area contributed by atoms with Gasteiger partial charge < -0.3 is 14.7 Å². The molecule has 30 heavy (non-hydrogen) atoms. The number of esters is 1. The number of halogens is 1. The third kappa shape index (κ3) is 3.27. The number of carbonyl (C=O) groups excluding carboxylic acids is 2. The quantitative estimate of drug-likeness (QED) is 0.391. The summed E-state index contributed by atoms with van der Waals surface area (Å²) in [4.78, 5) is 27.9. The second kappa shape index (κ2) is 7.70. The average molecular weight is 490 g/mol. The van der Waals surface area contributed by atoms with Crippen LogP contribution in [-0.4, -0.2) is 48.5 Å². The van der Waals surface area contributed by atoms with E-state index in [4.69, 9.17) is 4.74 Å². The minimum absolute atomic E-state index is 0.279. The number of ether oxygens (including phenoxy) is 1. The summed E-state index contributed by atoms with van der Waals surface area (Å²) in [6.45, 7) is 5.46. The predicted octanol–water partition coefficient (Wildman–Crippen LogP) is 3.90. The Kier molecular flexibility index (Phi) is 5.49. The van der Waals surface area contributed by atoms with Gasteiger partial charge in [0, 0.05) is 4.75 Å². The van der Waals surface area contributed by atoms with Crippen LogP contribution in [0, 0.1) is 0 Å². The number of alkyl halides is 1. The highest BCUT2D eigenvalue weighted by atomic mass is 79.9. The number of aliphatic hydroxyl groups is 1. The highest BCUT2D eigenvalue weighted by molar-refractivity contribution is 9.10. The Labute approximate surface area is 188 Å². The van der Waals surface area contributed by atoms with Gasteiger partial charge in [0.1, 0.15) is 11.4 Å². The molecule has 158 valence electrons. The minimum atomic E-state index is -1.07. The van der Waals surface area contributed by atoms with Gasteiger partial charge in [-0.2, -0.15) is 0 Å². The molecule has 0 aliphatic carbocycles. The maximum Gasteiger partial charge on any atom is 0.331 e. The molecular formula is C23H24BrNO4S. The highest BCUT2D eigenvalue weighted by Crippen LogP contribution is 2.59. The van der Waals surface area contributed by atoms with E-state index in [-0.39, 0.29) is 11.3 Å². The lowest BCUT2D eigenvalue weighted by Gasteiger charge is -2.51. The zero-order valence-electron chi connectivity index (χ0n) is 17.0. The number of hydrogen-bond acceptors (Lipinski definition) is 5. The van der Waals surface area contributed by atoms with E-state index < -0.39 is 33.3 Å². The summed E-state index contributed by atoms with van der Waals surface area (Å²) in [5, 5.41) is 9.83. The van der Waals surface area contributed by atoms with Crippen LogP contribution in [0.3, 0.4) is 0 Å². The van der Waals surface area contributed by atoms with Gasteiger partial charge in [-0.25, -0.2) is 4.79 Å². The Hall–Kier alpha value is -1.83. The van der Waals surface area contributed by atoms with Crippen LogP contribution in [0.4, 0.5) is 0 Å². The maximum absolute atomic E-state index is 13.4. The Morgan fingerprint density at radius 1 is 1.10 bits per heavy atom. The van der Waals surface area contributed by atoms with Gasteiger partial charge in [-0.3, -0.25) is 4.79 Å². The fourth-order valence-corrected chi connectivity index (χ4v) is 6.60. The van der Waals surface area contributed by atoms with E-state index in [1.54, 1.807) is 11.8 Å². The molecule has 2 aromatic rings. The molecule has 2 aliphatic rings. The van der Waals surface area contributed by atoms with Gasteiger partial charge in [-0.05, 0) is 31.9 Å². The number of rotatable bonds is 5. The van der Waals surface area contributed by atoms with Gasteiger partial charge in [-0.15, -0.1) is 11.8 Å². The maximum atomic E-state index is 13.4. The predicted molar refractivity (Wildman–Crippen MR) is 120 cm³/mol. The third-order valence-electron chi connectivity index (χ3n) is 5.80. The molecule has 0 radical (unpaired) electrons. The molecule has 0 spiro atoms. The van der Waals surface area contributed by atoms with Crippen LogP contribution in [0.2, 0.25) is 0 Å². The number of benzene rings is 2. The Bertz CT molecular complexity index is 913. The lowest BCUT2D eigenvalue weighted by Crippen LogP contribution is -2.74. The number of carbonyl (C=O) groups is 2. The number of hydrogen-bond donors (Lipinski definition) is 1. The van der Waals surface area contributed by atoms with Crippen LogP contribution in [0.5, 0.6) is 0 Å². The lowest BCUT2D eigenvalue weighted by atomic mass is 9.88.